The normalized spacial score (nSPS) is 23.5. The van der Waals surface area contributed by atoms with E-state index in [4.69, 9.17) is 21.9 Å². The van der Waals surface area contributed by atoms with Crippen LogP contribution in [0.1, 0.15) is 29.7 Å². The lowest BCUT2D eigenvalue weighted by Crippen LogP contribution is -2.42. The number of aliphatic hydroxyl groups is 2. The summed E-state index contributed by atoms with van der Waals surface area (Å²) in [4.78, 5) is 27.3. The first-order valence-electron chi connectivity index (χ1n) is 10.6. The number of aromatic nitrogens is 4. The molecule has 2 aromatic heterocycles. The second-order valence-electron chi connectivity index (χ2n) is 8.40. The van der Waals surface area contributed by atoms with Crippen molar-refractivity contribution in [1.82, 2.24) is 24.4 Å². The molecule has 176 valence electrons. The number of benzene rings is 1. The van der Waals surface area contributed by atoms with Crippen LogP contribution in [0.5, 0.6) is 5.75 Å². The van der Waals surface area contributed by atoms with Crippen LogP contribution in [0.2, 0.25) is 0 Å². The molecule has 1 amide bonds. The van der Waals surface area contributed by atoms with Gasteiger partial charge < -0.3 is 41.6 Å². The number of carbonyl (C=O) groups is 1. The number of ether oxygens (including phenoxy) is 1. The number of nitrogens with zero attached hydrogens (tertiary/aromatic N) is 5. The van der Waals surface area contributed by atoms with Crippen LogP contribution in [0.25, 0.3) is 11.2 Å². The Labute approximate surface area is 190 Å². The molecule has 3 atom stereocenters. The third-order valence-electron chi connectivity index (χ3n) is 5.75. The predicted octanol–water partition coefficient (Wildman–Crippen LogP) is -0.473. The zero-order valence-electron chi connectivity index (χ0n) is 18.3. The largest absolute Gasteiger partial charge is 0.492 e. The predicted molar refractivity (Wildman–Crippen MR) is 121 cm³/mol. The van der Waals surface area contributed by atoms with E-state index in [1.54, 1.807) is 35.8 Å². The Morgan fingerprint density at radius 1 is 1.30 bits per heavy atom. The van der Waals surface area contributed by atoms with Crippen LogP contribution in [0.15, 0.2) is 30.6 Å². The smallest absolute Gasteiger partial charge is 0.254 e. The van der Waals surface area contributed by atoms with Gasteiger partial charge in [-0.15, -0.1) is 0 Å². The number of rotatable bonds is 5. The average Bonchev–Trinajstić information content (AvgIpc) is 3.12. The number of aliphatic hydroxyl groups excluding tert-OH is 1. The van der Waals surface area contributed by atoms with Gasteiger partial charge in [0.25, 0.3) is 5.91 Å². The van der Waals surface area contributed by atoms with Crippen molar-refractivity contribution in [1.29, 1.82) is 0 Å². The zero-order valence-corrected chi connectivity index (χ0v) is 18.3. The molecule has 0 aliphatic carbocycles. The highest BCUT2D eigenvalue weighted by atomic mass is 16.5. The van der Waals surface area contributed by atoms with E-state index in [1.165, 1.54) is 11.2 Å². The summed E-state index contributed by atoms with van der Waals surface area (Å²) in [5.41, 5.74) is 16.9. The fourth-order valence-corrected chi connectivity index (χ4v) is 4.23. The SMILES string of the molecule is C[C@]1(O)C[C@@H](O)CN(C(=O)c2cccc(OCCN)c2)C[C@@H]1n1cnc2c(N)nc(N)nc21. The van der Waals surface area contributed by atoms with E-state index >= 15 is 0 Å². The maximum absolute atomic E-state index is 13.4. The summed E-state index contributed by atoms with van der Waals surface area (Å²) in [6.45, 7) is 2.42. The lowest BCUT2D eigenvalue weighted by atomic mass is 9.91. The number of nitrogen functional groups attached to an aromatic ring is 2. The van der Waals surface area contributed by atoms with Gasteiger partial charge in [-0.2, -0.15) is 9.97 Å². The molecule has 1 aliphatic heterocycles. The number of anilines is 2. The molecule has 33 heavy (non-hydrogen) atoms. The second kappa shape index (κ2) is 8.81. The molecule has 0 saturated carbocycles. The molecule has 0 spiro atoms. The maximum atomic E-state index is 13.4. The highest BCUT2D eigenvalue weighted by Crippen LogP contribution is 2.34. The fraction of sp³-hybridized carbons (Fsp3) is 0.429. The fourth-order valence-electron chi connectivity index (χ4n) is 4.23. The minimum absolute atomic E-state index is 0.0303. The zero-order chi connectivity index (χ0) is 23.8. The molecule has 3 aromatic rings. The third kappa shape index (κ3) is 4.53. The van der Waals surface area contributed by atoms with Crippen molar-refractivity contribution in [3.63, 3.8) is 0 Å². The van der Waals surface area contributed by atoms with Crippen molar-refractivity contribution in [3.05, 3.63) is 36.2 Å². The van der Waals surface area contributed by atoms with Crippen molar-refractivity contribution < 1.29 is 19.7 Å². The van der Waals surface area contributed by atoms with E-state index in [0.29, 0.717) is 35.6 Å². The van der Waals surface area contributed by atoms with Crippen molar-refractivity contribution in [3.8, 4) is 5.75 Å². The van der Waals surface area contributed by atoms with Crippen LogP contribution in [0.4, 0.5) is 11.8 Å². The van der Waals surface area contributed by atoms with Crippen molar-refractivity contribution in [2.75, 3.05) is 37.7 Å². The minimum atomic E-state index is -1.39. The maximum Gasteiger partial charge on any atom is 0.254 e. The molecule has 12 nitrogen and oxygen atoms in total. The Balaban J connectivity index is 1.70. The molecule has 1 aliphatic rings. The van der Waals surface area contributed by atoms with E-state index in [0.717, 1.165) is 0 Å². The lowest BCUT2D eigenvalue weighted by Gasteiger charge is -2.34. The Morgan fingerprint density at radius 2 is 2.09 bits per heavy atom. The number of nitrogens with two attached hydrogens (primary N) is 3. The van der Waals surface area contributed by atoms with Crippen LogP contribution in [-0.4, -0.2) is 78.5 Å². The molecule has 1 fully saturated rings. The monoisotopic (exact) mass is 456 g/mol. The number of imidazole rings is 1. The van der Waals surface area contributed by atoms with E-state index in [-0.39, 0.29) is 37.2 Å². The second-order valence-corrected chi connectivity index (χ2v) is 8.40. The Kier molecular flexibility index (Phi) is 6.06. The van der Waals surface area contributed by atoms with Crippen LogP contribution in [0, 0.1) is 0 Å². The first-order valence-corrected chi connectivity index (χ1v) is 10.6. The number of carbonyl (C=O) groups excluding carboxylic acids is 1. The summed E-state index contributed by atoms with van der Waals surface area (Å²) in [6.07, 6.45) is 0.581. The number of hydrogen-bond acceptors (Lipinski definition) is 10. The molecule has 3 heterocycles. The van der Waals surface area contributed by atoms with Gasteiger partial charge in [-0.1, -0.05) is 6.07 Å². The first kappa shape index (κ1) is 22.7. The number of fused-ring (bicyclic) bond motifs is 1. The minimum Gasteiger partial charge on any atom is -0.492 e. The van der Waals surface area contributed by atoms with E-state index in [1.807, 2.05) is 0 Å². The highest BCUT2D eigenvalue weighted by Gasteiger charge is 2.42. The van der Waals surface area contributed by atoms with Gasteiger partial charge in [0.2, 0.25) is 5.95 Å². The molecule has 0 unspecified atom stereocenters. The topological polar surface area (TPSA) is 192 Å². The molecule has 12 heteroatoms. The van der Waals surface area contributed by atoms with Crippen molar-refractivity contribution in [2.24, 2.45) is 5.73 Å². The van der Waals surface area contributed by atoms with Crippen molar-refractivity contribution in [2.45, 2.75) is 31.1 Å². The van der Waals surface area contributed by atoms with Gasteiger partial charge >= 0.3 is 0 Å². The van der Waals surface area contributed by atoms with Crippen LogP contribution in [0.3, 0.4) is 0 Å². The molecule has 8 N–H and O–H groups in total. The van der Waals surface area contributed by atoms with E-state index in [2.05, 4.69) is 15.0 Å². The number of β-amino-alcohol motifs (C(OH)–C–C–N with tert-alkyl or cyclic N) is 1. The number of likely N-dealkylation sites (tertiary alicyclic amines) is 1. The number of hydrogen-bond donors (Lipinski definition) is 5. The highest BCUT2D eigenvalue weighted by molar-refractivity contribution is 5.94. The summed E-state index contributed by atoms with van der Waals surface area (Å²) in [6, 6.07) is 6.07. The third-order valence-corrected chi connectivity index (χ3v) is 5.75. The van der Waals surface area contributed by atoms with Gasteiger partial charge in [0, 0.05) is 31.6 Å². The Bertz CT molecular complexity index is 1160. The summed E-state index contributed by atoms with van der Waals surface area (Å²) in [5.74, 6) is 0.297. The molecular formula is C21H28N8O4. The van der Waals surface area contributed by atoms with Gasteiger partial charge in [-0.05, 0) is 25.1 Å². The number of amides is 1. The van der Waals surface area contributed by atoms with Gasteiger partial charge in [0.15, 0.2) is 11.5 Å². The average molecular weight is 457 g/mol. The van der Waals surface area contributed by atoms with Crippen LogP contribution >= 0.6 is 0 Å². The molecular weight excluding hydrogens is 428 g/mol. The molecule has 1 saturated heterocycles. The van der Waals surface area contributed by atoms with Gasteiger partial charge in [0.05, 0.1) is 24.1 Å². The Morgan fingerprint density at radius 3 is 2.85 bits per heavy atom. The summed E-state index contributed by atoms with van der Waals surface area (Å²) in [7, 11) is 0. The summed E-state index contributed by atoms with van der Waals surface area (Å²) < 4.78 is 7.16. The first-order chi connectivity index (χ1) is 15.7. The van der Waals surface area contributed by atoms with Crippen LogP contribution in [-0.2, 0) is 0 Å². The van der Waals surface area contributed by atoms with Gasteiger partial charge in [-0.25, -0.2) is 4.98 Å². The quantitative estimate of drug-likeness (QED) is 0.335. The molecule has 0 bridgehead atoms. The molecule has 1 aromatic carbocycles. The van der Waals surface area contributed by atoms with Gasteiger partial charge in [0.1, 0.15) is 17.9 Å². The molecule has 0 radical (unpaired) electrons. The van der Waals surface area contributed by atoms with Crippen molar-refractivity contribution >= 4 is 28.8 Å². The summed E-state index contributed by atoms with van der Waals surface area (Å²) in [5, 5.41) is 21.9. The van der Waals surface area contributed by atoms with Gasteiger partial charge in [-0.3, -0.25) is 4.79 Å². The molecule has 4 rings (SSSR count). The van der Waals surface area contributed by atoms with E-state index in [9.17, 15) is 15.0 Å². The van der Waals surface area contributed by atoms with E-state index < -0.39 is 17.7 Å². The van der Waals surface area contributed by atoms with Crippen LogP contribution < -0.4 is 21.9 Å². The summed E-state index contributed by atoms with van der Waals surface area (Å²) >= 11 is 0. The standard InChI is InChI=1S/C21H28N8O4/c1-21(32)8-13(30)9-28(19(31)12-3-2-4-14(7-12)33-6-5-22)10-15(21)29-11-25-16-17(23)26-20(24)27-18(16)29/h2-4,7,11,13,15,30,32H,5-6,8-10,22H2,1H3,(H4,23,24,26,27)/t13-,15+,21+/m1/s1. The Hall–Kier alpha value is -3.48. The lowest BCUT2D eigenvalue weighted by molar-refractivity contribution is -0.0217.